The average Bonchev–Trinajstić information content (AvgIpc) is 2.65. The van der Waals surface area contributed by atoms with E-state index in [1.54, 1.807) is 18.6 Å². The molecule has 0 aliphatic carbocycles. The monoisotopic (exact) mass is 344 g/mol. The SMILES string of the molecule is CCCCCCCC/C=C\CCCCCCCC(=O)c1cnccn1. The van der Waals surface area contributed by atoms with Gasteiger partial charge in [-0.1, -0.05) is 70.4 Å². The van der Waals surface area contributed by atoms with Crippen LogP contribution >= 0.6 is 0 Å². The molecule has 0 amide bonds. The van der Waals surface area contributed by atoms with Crippen LogP contribution in [0.5, 0.6) is 0 Å². The highest BCUT2D eigenvalue weighted by atomic mass is 16.1. The lowest BCUT2D eigenvalue weighted by molar-refractivity contribution is 0.0974. The van der Waals surface area contributed by atoms with Crippen LogP contribution in [0.2, 0.25) is 0 Å². The first-order valence-electron chi connectivity index (χ1n) is 10.3. The van der Waals surface area contributed by atoms with Crippen LogP contribution in [0.3, 0.4) is 0 Å². The predicted octanol–water partition coefficient (Wildman–Crippen LogP) is 6.70. The average molecular weight is 345 g/mol. The molecule has 1 aromatic rings. The van der Waals surface area contributed by atoms with Gasteiger partial charge in [0.05, 0.1) is 6.20 Å². The smallest absolute Gasteiger partial charge is 0.182 e. The van der Waals surface area contributed by atoms with E-state index >= 15 is 0 Å². The minimum atomic E-state index is 0.116. The molecule has 3 heteroatoms. The summed E-state index contributed by atoms with van der Waals surface area (Å²) in [5.74, 6) is 0.116. The summed E-state index contributed by atoms with van der Waals surface area (Å²) in [6.07, 6.45) is 26.6. The van der Waals surface area contributed by atoms with Crippen molar-refractivity contribution in [1.29, 1.82) is 0 Å². The van der Waals surface area contributed by atoms with Crippen molar-refractivity contribution in [3.05, 3.63) is 36.4 Å². The maximum Gasteiger partial charge on any atom is 0.182 e. The summed E-state index contributed by atoms with van der Waals surface area (Å²) in [5.41, 5.74) is 0.498. The lowest BCUT2D eigenvalue weighted by Crippen LogP contribution is -2.02. The van der Waals surface area contributed by atoms with E-state index in [0.29, 0.717) is 12.1 Å². The largest absolute Gasteiger partial charge is 0.292 e. The van der Waals surface area contributed by atoms with Crippen LogP contribution in [-0.2, 0) is 0 Å². The number of Topliss-reactive ketones (excluding diaryl/α,β-unsaturated/α-hetero) is 1. The number of hydrogen-bond donors (Lipinski definition) is 0. The van der Waals surface area contributed by atoms with Gasteiger partial charge < -0.3 is 0 Å². The molecule has 0 radical (unpaired) electrons. The normalized spacial score (nSPS) is 11.2. The van der Waals surface area contributed by atoms with Crippen LogP contribution in [0, 0.1) is 0 Å². The molecule has 0 saturated carbocycles. The van der Waals surface area contributed by atoms with Crippen molar-refractivity contribution in [2.45, 2.75) is 96.8 Å². The standard InChI is InChI=1S/C22H36N2O/c1-2-3-4-5-6-7-8-9-10-11-12-13-14-15-16-17-22(25)21-20-23-18-19-24-21/h9-10,18-20H,2-8,11-17H2,1H3/b10-9-. The molecule has 3 nitrogen and oxygen atoms in total. The highest BCUT2D eigenvalue weighted by Crippen LogP contribution is 2.11. The Morgan fingerprint density at radius 2 is 1.44 bits per heavy atom. The van der Waals surface area contributed by atoms with Gasteiger partial charge in [0.25, 0.3) is 0 Å². The van der Waals surface area contributed by atoms with Gasteiger partial charge in [-0.15, -0.1) is 0 Å². The Bertz CT molecular complexity index is 456. The van der Waals surface area contributed by atoms with Gasteiger partial charge in [0.1, 0.15) is 5.69 Å². The lowest BCUT2D eigenvalue weighted by Gasteiger charge is -2.01. The van der Waals surface area contributed by atoms with Crippen molar-refractivity contribution in [2.24, 2.45) is 0 Å². The first-order valence-corrected chi connectivity index (χ1v) is 10.3. The molecule has 0 aliphatic heterocycles. The third-order valence-electron chi connectivity index (χ3n) is 4.51. The zero-order valence-electron chi connectivity index (χ0n) is 16.1. The van der Waals surface area contributed by atoms with E-state index in [9.17, 15) is 4.79 Å². The molecule has 0 N–H and O–H groups in total. The molecule has 0 aliphatic rings. The van der Waals surface area contributed by atoms with Crippen molar-refractivity contribution in [3.63, 3.8) is 0 Å². The molecular weight excluding hydrogens is 308 g/mol. The second kappa shape index (κ2) is 16.0. The number of nitrogens with zero attached hydrogens (tertiary/aromatic N) is 2. The topological polar surface area (TPSA) is 42.9 Å². The van der Waals surface area contributed by atoms with Gasteiger partial charge in [0, 0.05) is 18.8 Å². The van der Waals surface area contributed by atoms with Crippen molar-refractivity contribution >= 4 is 5.78 Å². The van der Waals surface area contributed by atoms with E-state index in [0.717, 1.165) is 12.8 Å². The second-order valence-electron chi connectivity index (χ2n) is 6.85. The van der Waals surface area contributed by atoms with Gasteiger partial charge >= 0.3 is 0 Å². The third-order valence-corrected chi connectivity index (χ3v) is 4.51. The zero-order chi connectivity index (χ0) is 18.0. The van der Waals surface area contributed by atoms with Gasteiger partial charge in [0.2, 0.25) is 0 Å². The molecule has 0 unspecified atom stereocenters. The quantitative estimate of drug-likeness (QED) is 0.190. The first-order chi connectivity index (χ1) is 12.3. The minimum absolute atomic E-state index is 0.116. The Labute approximate surface area is 154 Å². The summed E-state index contributed by atoms with van der Waals surface area (Å²) in [5, 5.41) is 0. The summed E-state index contributed by atoms with van der Waals surface area (Å²) in [4.78, 5) is 19.9. The fraction of sp³-hybridized carbons (Fsp3) is 0.682. The van der Waals surface area contributed by atoms with Crippen LogP contribution in [0.25, 0.3) is 0 Å². The zero-order valence-corrected chi connectivity index (χ0v) is 16.1. The van der Waals surface area contributed by atoms with Gasteiger partial charge in [-0.2, -0.15) is 0 Å². The Balaban J connectivity index is 1.84. The van der Waals surface area contributed by atoms with E-state index < -0.39 is 0 Å². The van der Waals surface area contributed by atoms with Gasteiger partial charge in [-0.25, -0.2) is 4.98 Å². The van der Waals surface area contributed by atoms with Crippen LogP contribution in [0.1, 0.15) is 107 Å². The number of hydrogen-bond acceptors (Lipinski definition) is 3. The third kappa shape index (κ3) is 12.5. The maximum absolute atomic E-state index is 11.9. The maximum atomic E-state index is 11.9. The van der Waals surface area contributed by atoms with E-state index in [-0.39, 0.29) is 5.78 Å². The number of carbonyl (C=O) groups is 1. The Hall–Kier alpha value is -1.51. The summed E-state index contributed by atoms with van der Waals surface area (Å²) in [6.45, 7) is 2.27. The predicted molar refractivity (Wildman–Crippen MR) is 106 cm³/mol. The van der Waals surface area contributed by atoms with E-state index in [2.05, 4.69) is 29.0 Å². The Morgan fingerprint density at radius 1 is 0.840 bits per heavy atom. The Kier molecular flexibility index (Phi) is 13.8. The van der Waals surface area contributed by atoms with Crippen LogP contribution < -0.4 is 0 Å². The molecular formula is C22H36N2O. The molecule has 0 aromatic carbocycles. The number of ketones is 1. The van der Waals surface area contributed by atoms with Gasteiger partial charge in [-0.3, -0.25) is 9.78 Å². The van der Waals surface area contributed by atoms with Crippen LogP contribution in [0.4, 0.5) is 0 Å². The van der Waals surface area contributed by atoms with Crippen molar-refractivity contribution in [2.75, 3.05) is 0 Å². The lowest BCUT2D eigenvalue weighted by atomic mass is 10.1. The fourth-order valence-electron chi connectivity index (χ4n) is 2.93. The molecule has 0 bridgehead atoms. The number of aromatic nitrogens is 2. The summed E-state index contributed by atoms with van der Waals surface area (Å²) < 4.78 is 0. The van der Waals surface area contributed by atoms with E-state index in [1.807, 2.05) is 0 Å². The molecule has 140 valence electrons. The molecule has 0 atom stereocenters. The summed E-state index contributed by atoms with van der Waals surface area (Å²) in [7, 11) is 0. The Morgan fingerprint density at radius 3 is 2.04 bits per heavy atom. The molecule has 0 saturated heterocycles. The first kappa shape index (κ1) is 21.5. The minimum Gasteiger partial charge on any atom is -0.292 e. The van der Waals surface area contributed by atoms with Crippen molar-refractivity contribution in [1.82, 2.24) is 9.97 Å². The second-order valence-corrected chi connectivity index (χ2v) is 6.85. The van der Waals surface area contributed by atoms with Crippen LogP contribution in [0.15, 0.2) is 30.7 Å². The summed E-state index contributed by atoms with van der Waals surface area (Å²) in [6, 6.07) is 0. The number of allylic oxidation sites excluding steroid dienone is 2. The molecule has 1 heterocycles. The van der Waals surface area contributed by atoms with Crippen molar-refractivity contribution < 1.29 is 4.79 Å². The number of unbranched alkanes of at least 4 members (excludes halogenated alkanes) is 11. The number of rotatable bonds is 16. The highest BCUT2D eigenvalue weighted by molar-refractivity contribution is 5.93. The van der Waals surface area contributed by atoms with Gasteiger partial charge in [0.15, 0.2) is 5.78 Å². The molecule has 0 fully saturated rings. The highest BCUT2D eigenvalue weighted by Gasteiger charge is 2.06. The molecule has 1 rings (SSSR count). The van der Waals surface area contributed by atoms with Crippen LogP contribution in [-0.4, -0.2) is 15.8 Å². The number of carbonyl (C=O) groups excluding carboxylic acids is 1. The molecule has 25 heavy (non-hydrogen) atoms. The summed E-state index contributed by atoms with van der Waals surface area (Å²) >= 11 is 0. The van der Waals surface area contributed by atoms with E-state index in [1.165, 1.54) is 70.6 Å². The van der Waals surface area contributed by atoms with Gasteiger partial charge in [-0.05, 0) is 32.1 Å². The molecule has 0 spiro atoms. The van der Waals surface area contributed by atoms with Crippen molar-refractivity contribution in [3.8, 4) is 0 Å². The fourth-order valence-corrected chi connectivity index (χ4v) is 2.93. The van der Waals surface area contributed by atoms with E-state index in [4.69, 9.17) is 0 Å². The molecule has 1 aromatic heterocycles.